The lowest BCUT2D eigenvalue weighted by atomic mass is 9.99. The highest BCUT2D eigenvalue weighted by Crippen LogP contribution is 2.37. The molecule has 0 saturated heterocycles. The summed E-state index contributed by atoms with van der Waals surface area (Å²) in [7, 11) is 0. The van der Waals surface area contributed by atoms with Crippen LogP contribution in [0.1, 0.15) is 28.4 Å². The van der Waals surface area contributed by atoms with Crippen molar-refractivity contribution in [1.29, 1.82) is 0 Å². The van der Waals surface area contributed by atoms with Crippen LogP contribution in [-0.2, 0) is 6.18 Å². The molecule has 0 fully saturated rings. The largest absolute Gasteiger partial charge is 0.417 e. The summed E-state index contributed by atoms with van der Waals surface area (Å²) in [5.74, 6) is -0.623. The number of halogens is 4. The summed E-state index contributed by atoms with van der Waals surface area (Å²) in [6, 6.07) is 2.39. The predicted molar refractivity (Wildman–Crippen MR) is 51.2 cm³/mol. The lowest BCUT2D eigenvalue weighted by Gasteiger charge is -2.14. The van der Waals surface area contributed by atoms with Gasteiger partial charge in [-0.15, -0.1) is 0 Å². The first-order chi connectivity index (χ1) is 6.75. The minimum Gasteiger partial charge on any atom is -0.294 e. The molecule has 0 saturated carbocycles. The summed E-state index contributed by atoms with van der Waals surface area (Å²) in [5, 5.41) is 0.00678. The Morgan fingerprint density at radius 2 is 1.87 bits per heavy atom. The lowest BCUT2D eigenvalue weighted by molar-refractivity contribution is -0.138. The van der Waals surface area contributed by atoms with Gasteiger partial charge in [-0.3, -0.25) is 4.79 Å². The van der Waals surface area contributed by atoms with Crippen LogP contribution in [0.5, 0.6) is 0 Å². The third-order valence-electron chi connectivity index (χ3n) is 2.06. The zero-order valence-corrected chi connectivity index (χ0v) is 8.83. The molecule has 82 valence electrons. The van der Waals surface area contributed by atoms with Gasteiger partial charge in [-0.1, -0.05) is 11.6 Å². The van der Waals surface area contributed by atoms with Gasteiger partial charge in [0.2, 0.25) is 0 Å². The molecule has 0 spiro atoms. The van der Waals surface area contributed by atoms with Crippen molar-refractivity contribution in [2.45, 2.75) is 20.0 Å². The van der Waals surface area contributed by atoms with Gasteiger partial charge in [-0.2, -0.15) is 13.2 Å². The van der Waals surface area contributed by atoms with E-state index in [1.165, 1.54) is 13.0 Å². The molecule has 0 aliphatic carbocycles. The fourth-order valence-electron chi connectivity index (χ4n) is 1.34. The highest BCUT2D eigenvalue weighted by molar-refractivity contribution is 6.31. The number of alkyl halides is 3. The van der Waals surface area contributed by atoms with Crippen LogP contribution in [-0.4, -0.2) is 5.78 Å². The van der Waals surface area contributed by atoms with Gasteiger partial charge in [0.1, 0.15) is 0 Å². The van der Waals surface area contributed by atoms with Gasteiger partial charge in [0.15, 0.2) is 5.78 Å². The van der Waals surface area contributed by atoms with Crippen molar-refractivity contribution in [3.63, 3.8) is 0 Å². The molecule has 0 aromatic heterocycles. The molecule has 0 unspecified atom stereocenters. The number of rotatable bonds is 1. The number of hydrogen-bond acceptors (Lipinski definition) is 1. The zero-order valence-electron chi connectivity index (χ0n) is 8.07. The van der Waals surface area contributed by atoms with Gasteiger partial charge >= 0.3 is 6.18 Å². The molecule has 1 rings (SSSR count). The molecule has 15 heavy (non-hydrogen) atoms. The Bertz CT molecular complexity index is 410. The number of hydrogen-bond donors (Lipinski definition) is 0. The summed E-state index contributed by atoms with van der Waals surface area (Å²) in [4.78, 5) is 11.0. The van der Waals surface area contributed by atoms with Gasteiger partial charge in [0.25, 0.3) is 0 Å². The van der Waals surface area contributed by atoms with E-state index >= 15 is 0 Å². The van der Waals surface area contributed by atoms with Gasteiger partial charge < -0.3 is 0 Å². The van der Waals surface area contributed by atoms with Gasteiger partial charge in [0, 0.05) is 10.6 Å². The molecule has 1 aromatic carbocycles. The number of ketones is 1. The standard InChI is InChI=1S/C10H8ClF3O/c1-5-8(11)4-3-7(6(2)15)9(5)10(12,13)14/h3-4H,1-2H3. The molecule has 0 bridgehead atoms. The summed E-state index contributed by atoms with van der Waals surface area (Å²) in [6.07, 6.45) is -4.56. The van der Waals surface area contributed by atoms with Crippen LogP contribution in [0, 0.1) is 6.92 Å². The fourth-order valence-corrected chi connectivity index (χ4v) is 1.50. The Hall–Kier alpha value is -1.03. The van der Waals surface area contributed by atoms with Crippen molar-refractivity contribution in [2.75, 3.05) is 0 Å². The van der Waals surface area contributed by atoms with E-state index in [-0.39, 0.29) is 16.1 Å². The van der Waals surface area contributed by atoms with Crippen LogP contribution in [0.2, 0.25) is 5.02 Å². The Balaban J connectivity index is 3.57. The van der Waals surface area contributed by atoms with E-state index in [4.69, 9.17) is 11.6 Å². The van der Waals surface area contributed by atoms with Crippen LogP contribution >= 0.6 is 11.6 Å². The van der Waals surface area contributed by atoms with Crippen LogP contribution in [0.4, 0.5) is 13.2 Å². The number of benzene rings is 1. The maximum Gasteiger partial charge on any atom is 0.417 e. The average molecular weight is 237 g/mol. The second kappa shape index (κ2) is 3.85. The van der Waals surface area contributed by atoms with Crippen molar-refractivity contribution in [2.24, 2.45) is 0 Å². The highest BCUT2D eigenvalue weighted by atomic mass is 35.5. The second-order valence-electron chi connectivity index (χ2n) is 3.15. The lowest BCUT2D eigenvalue weighted by Crippen LogP contribution is -2.14. The summed E-state index contributed by atoms with van der Waals surface area (Å²) in [6.45, 7) is 2.34. The van der Waals surface area contributed by atoms with E-state index in [0.717, 1.165) is 13.0 Å². The van der Waals surface area contributed by atoms with Crippen molar-refractivity contribution >= 4 is 17.4 Å². The van der Waals surface area contributed by atoms with E-state index in [9.17, 15) is 18.0 Å². The summed E-state index contributed by atoms with van der Waals surface area (Å²) < 4.78 is 37.9. The van der Waals surface area contributed by atoms with Crippen LogP contribution < -0.4 is 0 Å². The molecule has 0 radical (unpaired) electrons. The molecule has 0 amide bonds. The smallest absolute Gasteiger partial charge is 0.294 e. The molecular weight excluding hydrogens is 229 g/mol. The van der Waals surface area contributed by atoms with Gasteiger partial charge in [-0.05, 0) is 31.5 Å². The topological polar surface area (TPSA) is 17.1 Å². The van der Waals surface area contributed by atoms with Crippen molar-refractivity contribution in [1.82, 2.24) is 0 Å². The number of Topliss-reactive ketones (excluding diaryl/α,β-unsaturated/α-hetero) is 1. The van der Waals surface area contributed by atoms with Crippen molar-refractivity contribution < 1.29 is 18.0 Å². The molecule has 5 heteroatoms. The normalized spacial score (nSPS) is 11.6. The third-order valence-corrected chi connectivity index (χ3v) is 2.47. The molecule has 0 atom stereocenters. The Morgan fingerprint density at radius 1 is 1.33 bits per heavy atom. The zero-order chi connectivity index (χ0) is 11.8. The molecule has 1 aromatic rings. The maximum atomic E-state index is 12.6. The van der Waals surface area contributed by atoms with Gasteiger partial charge in [-0.25, -0.2) is 0 Å². The van der Waals surface area contributed by atoms with Gasteiger partial charge in [0.05, 0.1) is 5.56 Å². The van der Waals surface area contributed by atoms with Crippen LogP contribution in [0.15, 0.2) is 12.1 Å². The van der Waals surface area contributed by atoms with Crippen molar-refractivity contribution in [3.05, 3.63) is 33.8 Å². The van der Waals surface area contributed by atoms with E-state index < -0.39 is 17.5 Å². The monoisotopic (exact) mass is 236 g/mol. The second-order valence-corrected chi connectivity index (χ2v) is 3.56. The van der Waals surface area contributed by atoms with Crippen molar-refractivity contribution in [3.8, 4) is 0 Å². The maximum absolute atomic E-state index is 12.6. The fraction of sp³-hybridized carbons (Fsp3) is 0.300. The summed E-state index contributed by atoms with van der Waals surface area (Å²) in [5.41, 5.74) is -1.40. The van der Waals surface area contributed by atoms with Crippen LogP contribution in [0.25, 0.3) is 0 Å². The Kier molecular flexibility index (Phi) is 3.09. The molecule has 0 aliphatic heterocycles. The molecule has 1 nitrogen and oxygen atoms in total. The first kappa shape index (κ1) is 12.0. The first-order valence-corrected chi connectivity index (χ1v) is 4.50. The molecule has 0 aliphatic rings. The average Bonchev–Trinajstić information content (AvgIpc) is 2.06. The van der Waals surface area contributed by atoms with E-state index in [1.54, 1.807) is 0 Å². The number of carbonyl (C=O) groups is 1. The first-order valence-electron chi connectivity index (χ1n) is 4.12. The summed E-state index contributed by atoms with van der Waals surface area (Å²) >= 11 is 5.59. The molecule has 0 N–H and O–H groups in total. The van der Waals surface area contributed by atoms with E-state index in [2.05, 4.69) is 0 Å². The number of carbonyl (C=O) groups excluding carboxylic acids is 1. The minimum absolute atomic E-state index is 0.00678. The predicted octanol–water partition coefficient (Wildman–Crippen LogP) is 3.87. The molecular formula is C10H8ClF3O. The van der Waals surface area contributed by atoms with E-state index in [0.29, 0.717) is 0 Å². The molecule has 0 heterocycles. The highest BCUT2D eigenvalue weighted by Gasteiger charge is 2.36. The third kappa shape index (κ3) is 2.31. The Labute approximate surface area is 89.9 Å². The Morgan fingerprint density at radius 3 is 2.27 bits per heavy atom. The van der Waals surface area contributed by atoms with E-state index in [1.807, 2.05) is 0 Å². The quantitative estimate of drug-likeness (QED) is 0.677. The minimum atomic E-state index is -4.56. The van der Waals surface area contributed by atoms with Crippen LogP contribution in [0.3, 0.4) is 0 Å². The SMILES string of the molecule is CC(=O)c1ccc(Cl)c(C)c1C(F)(F)F.